The molecule has 0 saturated carbocycles. The largest absolute Gasteiger partial charge is 0.483 e. The van der Waals surface area contributed by atoms with Gasteiger partial charge in [0.15, 0.2) is 17.1 Å². The van der Waals surface area contributed by atoms with Crippen LogP contribution in [0.5, 0.6) is 5.75 Å². The Labute approximate surface area is 202 Å². The summed E-state index contributed by atoms with van der Waals surface area (Å²) >= 11 is 13.6. The summed E-state index contributed by atoms with van der Waals surface area (Å²) < 4.78 is 8.01. The summed E-state index contributed by atoms with van der Waals surface area (Å²) in [6.07, 6.45) is 1.39. The van der Waals surface area contributed by atoms with Gasteiger partial charge < -0.3 is 10.1 Å². The number of amides is 1. The van der Waals surface area contributed by atoms with Gasteiger partial charge in [0.05, 0.1) is 16.5 Å². The van der Waals surface area contributed by atoms with E-state index < -0.39 is 0 Å². The van der Waals surface area contributed by atoms with Gasteiger partial charge in [-0.2, -0.15) is 0 Å². The number of hydrogen-bond acceptors (Lipinski definition) is 5. The Balaban J connectivity index is 1.71. The van der Waals surface area contributed by atoms with Crippen molar-refractivity contribution in [3.63, 3.8) is 0 Å². The van der Waals surface area contributed by atoms with Crippen LogP contribution in [0, 0.1) is 13.8 Å². The molecule has 0 bridgehead atoms. The Morgan fingerprint density at radius 3 is 2.59 bits per heavy atom. The van der Waals surface area contributed by atoms with Gasteiger partial charge >= 0.3 is 0 Å². The molecule has 32 heavy (non-hydrogen) atoms. The van der Waals surface area contributed by atoms with Gasteiger partial charge in [-0.25, -0.2) is 0 Å². The van der Waals surface area contributed by atoms with E-state index in [-0.39, 0.29) is 17.8 Å². The number of nitrogens with one attached hydrogen (secondary N) is 1. The average Bonchev–Trinajstić information content (AvgIpc) is 3.15. The van der Waals surface area contributed by atoms with E-state index in [4.69, 9.17) is 27.9 Å². The van der Waals surface area contributed by atoms with Crippen molar-refractivity contribution in [2.45, 2.75) is 38.6 Å². The fourth-order valence-electron chi connectivity index (χ4n) is 3.12. The molecule has 168 valence electrons. The summed E-state index contributed by atoms with van der Waals surface area (Å²) in [7, 11) is 0. The van der Waals surface area contributed by atoms with E-state index >= 15 is 0 Å². The lowest BCUT2D eigenvalue weighted by Crippen LogP contribution is -2.15. The molecule has 1 atom stereocenters. The number of carbonyl (C=O) groups excluding carboxylic acids is 1. The van der Waals surface area contributed by atoms with Crippen LogP contribution < -0.4 is 10.1 Å². The molecule has 1 N–H and O–H groups in total. The van der Waals surface area contributed by atoms with Crippen LogP contribution in [0.15, 0.2) is 54.2 Å². The number of benzene rings is 2. The third-order valence-electron chi connectivity index (χ3n) is 4.62. The van der Waals surface area contributed by atoms with Gasteiger partial charge in [0.25, 0.3) is 0 Å². The molecule has 3 rings (SSSR count). The molecule has 0 saturated heterocycles. The lowest BCUT2D eigenvalue weighted by atomic mass is 10.1. The zero-order valence-electron chi connectivity index (χ0n) is 18.1. The second-order valence-electron chi connectivity index (χ2n) is 7.19. The molecule has 1 heterocycles. The number of aromatic nitrogens is 3. The molecular weight excluding hydrogens is 467 g/mol. The molecular formula is C23H24Cl2N4O2S. The minimum Gasteiger partial charge on any atom is -0.483 e. The van der Waals surface area contributed by atoms with Gasteiger partial charge in [0, 0.05) is 11.6 Å². The van der Waals surface area contributed by atoms with E-state index in [1.54, 1.807) is 18.2 Å². The quantitative estimate of drug-likeness (QED) is 0.283. The molecule has 2 aromatic carbocycles. The van der Waals surface area contributed by atoms with Gasteiger partial charge in [-0.1, -0.05) is 53.2 Å². The number of allylic oxidation sites excluding steroid dienone is 1. The molecule has 1 aromatic heterocycles. The number of carbonyl (C=O) groups is 1. The highest BCUT2D eigenvalue weighted by molar-refractivity contribution is 7.99. The third kappa shape index (κ3) is 5.85. The SMILES string of the molecule is C=CCn1c(SCC(=O)Nc2ccccc2Cl)nnc1C(C)Oc1cc(C)c(Cl)c(C)c1. The highest BCUT2D eigenvalue weighted by atomic mass is 35.5. The summed E-state index contributed by atoms with van der Waals surface area (Å²) in [6, 6.07) is 10.9. The van der Waals surface area contributed by atoms with Gasteiger partial charge in [0.2, 0.25) is 5.91 Å². The summed E-state index contributed by atoms with van der Waals surface area (Å²) in [5.41, 5.74) is 2.47. The van der Waals surface area contributed by atoms with Crippen LogP contribution in [-0.4, -0.2) is 26.4 Å². The van der Waals surface area contributed by atoms with Gasteiger partial charge in [0.1, 0.15) is 5.75 Å². The second kappa shape index (κ2) is 10.9. The molecule has 9 heteroatoms. The second-order valence-corrected chi connectivity index (χ2v) is 8.92. The maximum absolute atomic E-state index is 12.4. The Kier molecular flexibility index (Phi) is 8.23. The smallest absolute Gasteiger partial charge is 0.234 e. The monoisotopic (exact) mass is 490 g/mol. The molecule has 6 nitrogen and oxygen atoms in total. The molecule has 1 amide bonds. The van der Waals surface area contributed by atoms with Crippen LogP contribution in [0.2, 0.25) is 10.0 Å². The molecule has 0 fully saturated rings. The molecule has 0 aliphatic carbocycles. The highest BCUT2D eigenvalue weighted by Gasteiger charge is 2.20. The van der Waals surface area contributed by atoms with Crippen molar-refractivity contribution in [2.75, 3.05) is 11.1 Å². The van der Waals surface area contributed by atoms with Crippen LogP contribution in [0.25, 0.3) is 0 Å². The number of halogens is 2. The standard InChI is InChI=1S/C23H24Cl2N4O2S/c1-5-10-29-22(16(4)31-17-11-14(2)21(25)15(3)12-17)27-28-23(29)32-13-20(30)26-19-9-7-6-8-18(19)24/h5-9,11-12,16H,1,10,13H2,2-4H3,(H,26,30). The zero-order chi connectivity index (χ0) is 23.3. The Bertz CT molecular complexity index is 1110. The molecule has 3 aromatic rings. The van der Waals surface area contributed by atoms with E-state index in [1.807, 2.05) is 49.6 Å². The Hall–Kier alpha value is -2.48. The number of ether oxygens (including phenoxy) is 1. The maximum atomic E-state index is 12.4. The molecule has 0 spiro atoms. The van der Waals surface area contributed by atoms with Crippen molar-refractivity contribution in [2.24, 2.45) is 0 Å². The minimum atomic E-state index is -0.367. The van der Waals surface area contributed by atoms with Crippen LogP contribution in [-0.2, 0) is 11.3 Å². The first kappa shape index (κ1) is 24.2. The van der Waals surface area contributed by atoms with Crippen molar-refractivity contribution >= 4 is 46.6 Å². The number of hydrogen-bond donors (Lipinski definition) is 1. The fourth-order valence-corrected chi connectivity index (χ4v) is 4.17. The molecule has 0 aliphatic heterocycles. The number of rotatable bonds is 9. The van der Waals surface area contributed by atoms with Gasteiger partial charge in [-0.3, -0.25) is 9.36 Å². The van der Waals surface area contributed by atoms with Gasteiger partial charge in [-0.15, -0.1) is 16.8 Å². The summed E-state index contributed by atoms with van der Waals surface area (Å²) in [5.74, 6) is 1.32. The van der Waals surface area contributed by atoms with Crippen molar-refractivity contribution in [3.05, 3.63) is 76.0 Å². The van der Waals surface area contributed by atoms with Crippen LogP contribution in [0.1, 0.15) is 30.0 Å². The van der Waals surface area contributed by atoms with Crippen molar-refractivity contribution in [1.82, 2.24) is 14.8 Å². The predicted octanol–water partition coefficient (Wildman–Crippen LogP) is 6.26. The van der Waals surface area contributed by atoms with E-state index in [0.717, 1.165) is 16.1 Å². The van der Waals surface area contributed by atoms with Crippen molar-refractivity contribution < 1.29 is 9.53 Å². The average molecular weight is 491 g/mol. The highest BCUT2D eigenvalue weighted by Crippen LogP contribution is 2.30. The predicted molar refractivity (Wildman–Crippen MR) is 131 cm³/mol. The first-order chi connectivity index (χ1) is 15.3. The zero-order valence-corrected chi connectivity index (χ0v) is 20.4. The topological polar surface area (TPSA) is 69.0 Å². The van der Waals surface area contributed by atoms with E-state index in [1.165, 1.54) is 11.8 Å². The Morgan fingerprint density at radius 2 is 1.94 bits per heavy atom. The van der Waals surface area contributed by atoms with Crippen molar-refractivity contribution in [3.8, 4) is 5.75 Å². The maximum Gasteiger partial charge on any atom is 0.234 e. The molecule has 0 radical (unpaired) electrons. The lowest BCUT2D eigenvalue weighted by molar-refractivity contribution is -0.113. The number of nitrogens with zero attached hydrogens (tertiary/aromatic N) is 3. The van der Waals surface area contributed by atoms with Crippen molar-refractivity contribution in [1.29, 1.82) is 0 Å². The number of para-hydroxylation sites is 1. The van der Waals surface area contributed by atoms with Gasteiger partial charge in [-0.05, 0) is 56.2 Å². The third-order valence-corrected chi connectivity index (χ3v) is 6.52. The van der Waals surface area contributed by atoms with Crippen LogP contribution in [0.3, 0.4) is 0 Å². The van der Waals surface area contributed by atoms with Crippen LogP contribution >= 0.6 is 35.0 Å². The summed E-state index contributed by atoms with van der Waals surface area (Å²) in [4.78, 5) is 12.4. The first-order valence-electron chi connectivity index (χ1n) is 9.94. The van der Waals surface area contributed by atoms with E-state index in [9.17, 15) is 4.79 Å². The summed E-state index contributed by atoms with van der Waals surface area (Å²) in [5, 5.41) is 13.2. The minimum absolute atomic E-state index is 0.158. The molecule has 0 aliphatic rings. The van der Waals surface area contributed by atoms with E-state index in [0.29, 0.717) is 34.0 Å². The number of thioether (sulfide) groups is 1. The normalized spacial score (nSPS) is 11.8. The number of aryl methyl sites for hydroxylation is 2. The Morgan fingerprint density at radius 1 is 1.25 bits per heavy atom. The fraction of sp³-hybridized carbons (Fsp3) is 0.261. The molecule has 1 unspecified atom stereocenters. The first-order valence-corrected chi connectivity index (χ1v) is 11.7. The summed E-state index contributed by atoms with van der Waals surface area (Å²) in [6.45, 7) is 10.1. The van der Waals surface area contributed by atoms with E-state index in [2.05, 4.69) is 22.1 Å². The number of anilines is 1. The van der Waals surface area contributed by atoms with Crippen LogP contribution in [0.4, 0.5) is 5.69 Å². The lowest BCUT2D eigenvalue weighted by Gasteiger charge is -2.17.